The van der Waals surface area contributed by atoms with Gasteiger partial charge in [0, 0.05) is 17.8 Å². The number of thioether (sulfide) groups is 1. The molecule has 0 bridgehead atoms. The van der Waals surface area contributed by atoms with Crippen LogP contribution in [0.5, 0.6) is 0 Å². The highest BCUT2D eigenvalue weighted by atomic mass is 35.5. The van der Waals surface area contributed by atoms with Crippen LogP contribution in [0.4, 0.5) is 13.2 Å². The van der Waals surface area contributed by atoms with Crippen molar-refractivity contribution in [3.63, 3.8) is 0 Å². The van der Waals surface area contributed by atoms with E-state index >= 15 is 0 Å². The number of carbonyl (C=O) groups excluding carboxylic acids is 1. The predicted molar refractivity (Wildman–Crippen MR) is 87.9 cm³/mol. The molecule has 2 rings (SSSR count). The Morgan fingerprint density at radius 2 is 2.00 bits per heavy atom. The fourth-order valence-corrected chi connectivity index (χ4v) is 2.84. The first-order chi connectivity index (χ1) is 11.3. The van der Waals surface area contributed by atoms with Crippen molar-refractivity contribution in [3.05, 3.63) is 58.7 Å². The van der Waals surface area contributed by atoms with Gasteiger partial charge < -0.3 is 5.32 Å². The van der Waals surface area contributed by atoms with Crippen molar-refractivity contribution >= 4 is 29.3 Å². The highest BCUT2D eigenvalue weighted by Gasteiger charge is 2.30. The maximum Gasteiger partial charge on any atom is 0.417 e. The van der Waals surface area contributed by atoms with Crippen molar-refractivity contribution in [2.75, 3.05) is 0 Å². The number of benzene rings is 1. The lowest BCUT2D eigenvalue weighted by Crippen LogP contribution is -2.30. The fraction of sp³-hybridized carbons (Fsp3) is 0.250. The molecule has 0 fully saturated rings. The Hall–Kier alpha value is -1.73. The third-order valence-corrected chi connectivity index (χ3v) is 4.56. The molecule has 1 aromatic carbocycles. The van der Waals surface area contributed by atoms with Crippen LogP contribution in [-0.2, 0) is 17.5 Å². The Bertz CT molecular complexity index is 707. The Labute approximate surface area is 146 Å². The molecule has 1 heterocycles. The van der Waals surface area contributed by atoms with Crippen LogP contribution in [-0.4, -0.2) is 16.1 Å². The number of halogens is 4. The number of alkyl halides is 3. The van der Waals surface area contributed by atoms with E-state index in [-0.39, 0.29) is 12.5 Å². The molecule has 0 unspecified atom stereocenters. The van der Waals surface area contributed by atoms with Crippen molar-refractivity contribution in [1.29, 1.82) is 0 Å². The minimum absolute atomic E-state index is 0.249. The summed E-state index contributed by atoms with van der Waals surface area (Å²) >= 11 is 7.10. The Balaban J connectivity index is 1.91. The molecule has 1 aromatic heterocycles. The van der Waals surface area contributed by atoms with Crippen LogP contribution in [0, 0.1) is 0 Å². The van der Waals surface area contributed by atoms with Crippen molar-refractivity contribution < 1.29 is 18.0 Å². The van der Waals surface area contributed by atoms with Gasteiger partial charge in [-0.15, -0.1) is 0 Å². The molecular formula is C16H14ClF3N2OS. The molecule has 0 spiro atoms. The van der Waals surface area contributed by atoms with Crippen LogP contribution in [0.1, 0.15) is 18.1 Å². The normalized spacial score (nSPS) is 12.7. The zero-order valence-electron chi connectivity index (χ0n) is 12.6. The van der Waals surface area contributed by atoms with Gasteiger partial charge in [-0.25, -0.2) is 4.98 Å². The van der Waals surface area contributed by atoms with E-state index in [1.54, 1.807) is 25.1 Å². The number of aromatic nitrogens is 1. The minimum atomic E-state index is -4.42. The number of carbonyl (C=O) groups is 1. The van der Waals surface area contributed by atoms with Gasteiger partial charge in [-0.05, 0) is 30.7 Å². The van der Waals surface area contributed by atoms with E-state index in [4.69, 9.17) is 11.6 Å². The average Bonchev–Trinajstić information content (AvgIpc) is 2.53. The molecule has 0 aliphatic rings. The van der Waals surface area contributed by atoms with E-state index in [0.29, 0.717) is 10.0 Å². The first kappa shape index (κ1) is 18.6. The van der Waals surface area contributed by atoms with Crippen molar-refractivity contribution in [2.45, 2.75) is 29.9 Å². The summed E-state index contributed by atoms with van der Waals surface area (Å²) < 4.78 is 37.4. The Kier molecular flexibility index (Phi) is 6.12. The van der Waals surface area contributed by atoms with Crippen LogP contribution < -0.4 is 5.32 Å². The topological polar surface area (TPSA) is 42.0 Å². The molecule has 1 atom stereocenters. The molecule has 0 saturated heterocycles. The molecule has 8 heteroatoms. The molecule has 1 amide bonds. The fourth-order valence-electron chi connectivity index (χ4n) is 1.82. The molecule has 0 aliphatic heterocycles. The van der Waals surface area contributed by atoms with Crippen LogP contribution >= 0.6 is 23.4 Å². The van der Waals surface area contributed by atoms with Gasteiger partial charge in [-0.1, -0.05) is 41.6 Å². The average molecular weight is 375 g/mol. The first-order valence-electron chi connectivity index (χ1n) is 6.98. The number of amides is 1. The monoisotopic (exact) mass is 374 g/mol. The highest BCUT2D eigenvalue weighted by Crippen LogP contribution is 2.30. The summed E-state index contributed by atoms with van der Waals surface area (Å²) in [6.45, 7) is 1.94. The number of hydrogen-bond donors (Lipinski definition) is 1. The van der Waals surface area contributed by atoms with Gasteiger partial charge in [-0.2, -0.15) is 13.2 Å². The second-order valence-electron chi connectivity index (χ2n) is 4.95. The minimum Gasteiger partial charge on any atom is -0.351 e. The number of nitrogens with one attached hydrogen (secondary N) is 1. The van der Waals surface area contributed by atoms with E-state index < -0.39 is 17.0 Å². The molecule has 128 valence electrons. The second-order valence-corrected chi connectivity index (χ2v) is 6.72. The molecular weight excluding hydrogens is 361 g/mol. The lowest BCUT2D eigenvalue weighted by Gasteiger charge is -2.13. The summed E-state index contributed by atoms with van der Waals surface area (Å²) in [6.07, 6.45) is -3.66. The highest BCUT2D eigenvalue weighted by molar-refractivity contribution is 8.00. The Morgan fingerprint density at radius 1 is 1.29 bits per heavy atom. The van der Waals surface area contributed by atoms with E-state index in [1.165, 1.54) is 6.07 Å². The van der Waals surface area contributed by atoms with E-state index in [0.717, 1.165) is 29.6 Å². The maximum atomic E-state index is 12.5. The largest absolute Gasteiger partial charge is 0.417 e. The van der Waals surface area contributed by atoms with Gasteiger partial charge in [0.05, 0.1) is 15.8 Å². The molecule has 24 heavy (non-hydrogen) atoms. The predicted octanol–water partition coefficient (Wildman–Crippen LogP) is 4.55. The van der Waals surface area contributed by atoms with Crippen molar-refractivity contribution in [1.82, 2.24) is 10.3 Å². The first-order valence-corrected chi connectivity index (χ1v) is 8.24. The lowest BCUT2D eigenvalue weighted by molar-refractivity contribution is -0.137. The zero-order chi connectivity index (χ0) is 17.7. The third kappa shape index (κ3) is 5.14. The van der Waals surface area contributed by atoms with E-state index in [1.807, 2.05) is 6.07 Å². The van der Waals surface area contributed by atoms with Gasteiger partial charge in [0.1, 0.15) is 0 Å². The van der Waals surface area contributed by atoms with Gasteiger partial charge in [0.15, 0.2) is 0 Å². The van der Waals surface area contributed by atoms with Crippen LogP contribution in [0.3, 0.4) is 0 Å². The van der Waals surface area contributed by atoms with Gasteiger partial charge >= 0.3 is 6.18 Å². The standard InChI is InChI=1S/C16H14ClF3N2OS/c1-10(15(23)22-8-11-4-2-3-5-13(11)17)24-14-7-6-12(9-21-14)16(18,19)20/h2-7,9-10H,8H2,1H3,(H,22,23)/t10-/m0/s1. The third-order valence-electron chi connectivity index (χ3n) is 3.14. The molecule has 3 nitrogen and oxygen atoms in total. The summed E-state index contributed by atoms with van der Waals surface area (Å²) in [4.78, 5) is 15.8. The van der Waals surface area contributed by atoms with E-state index in [2.05, 4.69) is 10.3 Å². The van der Waals surface area contributed by atoms with Gasteiger partial charge in [0.2, 0.25) is 5.91 Å². The smallest absolute Gasteiger partial charge is 0.351 e. The summed E-state index contributed by atoms with van der Waals surface area (Å²) in [5, 5.41) is 3.15. The van der Waals surface area contributed by atoms with Crippen molar-refractivity contribution in [3.8, 4) is 0 Å². The van der Waals surface area contributed by atoms with Gasteiger partial charge in [-0.3, -0.25) is 4.79 Å². The SMILES string of the molecule is C[C@H](Sc1ccc(C(F)(F)F)cn1)C(=O)NCc1ccccc1Cl. The maximum absolute atomic E-state index is 12.5. The van der Waals surface area contributed by atoms with Crippen LogP contribution in [0.15, 0.2) is 47.6 Å². The number of nitrogens with zero attached hydrogens (tertiary/aromatic N) is 1. The summed E-state index contributed by atoms with van der Waals surface area (Å²) in [7, 11) is 0. The quantitative estimate of drug-likeness (QED) is 0.780. The van der Waals surface area contributed by atoms with Crippen molar-refractivity contribution in [2.24, 2.45) is 0 Å². The van der Waals surface area contributed by atoms with Gasteiger partial charge in [0.25, 0.3) is 0 Å². The molecule has 0 saturated carbocycles. The number of hydrogen-bond acceptors (Lipinski definition) is 3. The molecule has 1 N–H and O–H groups in total. The zero-order valence-corrected chi connectivity index (χ0v) is 14.2. The molecule has 0 radical (unpaired) electrons. The number of rotatable bonds is 5. The second kappa shape index (κ2) is 7.90. The lowest BCUT2D eigenvalue weighted by atomic mass is 10.2. The van der Waals surface area contributed by atoms with Crippen LogP contribution in [0.25, 0.3) is 0 Å². The number of pyridine rings is 1. The van der Waals surface area contributed by atoms with Crippen LogP contribution in [0.2, 0.25) is 5.02 Å². The Morgan fingerprint density at radius 3 is 2.58 bits per heavy atom. The van der Waals surface area contributed by atoms with E-state index in [9.17, 15) is 18.0 Å². The molecule has 0 aliphatic carbocycles. The summed E-state index contributed by atoms with van der Waals surface area (Å²) in [5.41, 5.74) is -0.0277. The summed E-state index contributed by atoms with van der Waals surface area (Å²) in [6, 6.07) is 9.35. The molecule has 2 aromatic rings. The summed E-state index contributed by atoms with van der Waals surface area (Å²) in [5.74, 6) is -0.249.